The molecule has 86 valence electrons. The van der Waals surface area contributed by atoms with Crippen molar-refractivity contribution in [3.8, 4) is 0 Å². The van der Waals surface area contributed by atoms with Gasteiger partial charge in [-0.05, 0) is 26.2 Å². The van der Waals surface area contributed by atoms with Crippen molar-refractivity contribution in [2.24, 2.45) is 11.8 Å². The van der Waals surface area contributed by atoms with E-state index in [1.807, 2.05) is 13.8 Å². The first-order chi connectivity index (χ1) is 6.97. The number of esters is 1. The van der Waals surface area contributed by atoms with E-state index in [4.69, 9.17) is 0 Å². The van der Waals surface area contributed by atoms with Crippen LogP contribution in [0.15, 0.2) is 0 Å². The van der Waals surface area contributed by atoms with E-state index >= 15 is 0 Å². The molecule has 1 saturated carbocycles. The van der Waals surface area contributed by atoms with E-state index in [0.29, 0.717) is 5.92 Å². The van der Waals surface area contributed by atoms with Crippen LogP contribution in [0, 0.1) is 11.8 Å². The van der Waals surface area contributed by atoms with Gasteiger partial charge in [-0.25, -0.2) is 0 Å². The lowest BCUT2D eigenvalue weighted by Crippen LogP contribution is -2.42. The Kier molecular flexibility index (Phi) is 3.72. The number of hydrogen-bond donors (Lipinski definition) is 0. The van der Waals surface area contributed by atoms with Gasteiger partial charge in [0.25, 0.3) is 0 Å². The zero-order chi connectivity index (χ0) is 11.6. The first-order valence-corrected chi connectivity index (χ1v) is 5.34. The minimum absolute atomic E-state index is 0.0457. The molecule has 1 aliphatic carbocycles. The minimum Gasteiger partial charge on any atom is -0.468 e. The summed E-state index contributed by atoms with van der Waals surface area (Å²) in [5.41, 5.74) is 0. The third kappa shape index (κ3) is 2.94. The highest BCUT2D eigenvalue weighted by Crippen LogP contribution is 2.39. The zero-order valence-electron chi connectivity index (χ0n) is 9.82. The lowest BCUT2D eigenvalue weighted by Gasteiger charge is -2.25. The molecule has 0 unspecified atom stereocenters. The molecule has 0 saturated heterocycles. The third-order valence-corrected chi connectivity index (χ3v) is 2.86. The minimum atomic E-state index is -0.356. The Morgan fingerprint density at radius 2 is 2.00 bits per heavy atom. The molecule has 4 heteroatoms. The molecule has 0 bridgehead atoms. The summed E-state index contributed by atoms with van der Waals surface area (Å²) in [6.45, 7) is 5.94. The molecule has 2 atom stereocenters. The number of nitrogens with zero attached hydrogens (tertiary/aromatic N) is 1. The molecule has 15 heavy (non-hydrogen) atoms. The number of ether oxygens (including phenoxy) is 1. The van der Waals surface area contributed by atoms with E-state index in [9.17, 15) is 9.59 Å². The maximum Gasteiger partial charge on any atom is 0.325 e. The van der Waals surface area contributed by atoms with Gasteiger partial charge < -0.3 is 9.64 Å². The number of methoxy groups -OCH3 is 1. The molecular formula is C11H19NO3. The van der Waals surface area contributed by atoms with Crippen LogP contribution in [0.4, 0.5) is 0 Å². The van der Waals surface area contributed by atoms with Gasteiger partial charge in [0.1, 0.15) is 6.54 Å². The van der Waals surface area contributed by atoms with Crippen molar-refractivity contribution in [1.82, 2.24) is 4.90 Å². The highest BCUT2D eigenvalue weighted by atomic mass is 16.5. The lowest BCUT2D eigenvalue weighted by atomic mass is 10.2. The Morgan fingerprint density at radius 1 is 1.47 bits per heavy atom. The van der Waals surface area contributed by atoms with Gasteiger partial charge in [0.2, 0.25) is 5.91 Å². The monoisotopic (exact) mass is 213 g/mol. The second kappa shape index (κ2) is 4.64. The molecule has 0 aromatic rings. The molecule has 0 heterocycles. The van der Waals surface area contributed by atoms with E-state index in [2.05, 4.69) is 11.7 Å². The average molecular weight is 213 g/mol. The van der Waals surface area contributed by atoms with Crippen LogP contribution in [0.25, 0.3) is 0 Å². The second-order valence-corrected chi connectivity index (χ2v) is 4.46. The van der Waals surface area contributed by atoms with Crippen molar-refractivity contribution in [1.29, 1.82) is 0 Å². The van der Waals surface area contributed by atoms with Gasteiger partial charge in [0, 0.05) is 12.0 Å². The molecule has 1 fully saturated rings. The maximum atomic E-state index is 11.9. The van der Waals surface area contributed by atoms with E-state index in [0.717, 1.165) is 6.42 Å². The molecule has 1 rings (SSSR count). The molecule has 0 aromatic carbocycles. The van der Waals surface area contributed by atoms with Crippen molar-refractivity contribution < 1.29 is 14.3 Å². The van der Waals surface area contributed by atoms with Crippen LogP contribution in [0.5, 0.6) is 0 Å². The molecule has 0 aromatic heterocycles. The van der Waals surface area contributed by atoms with Crippen LogP contribution in [-0.2, 0) is 14.3 Å². The van der Waals surface area contributed by atoms with Crippen molar-refractivity contribution in [3.05, 3.63) is 0 Å². The van der Waals surface area contributed by atoms with Crippen LogP contribution in [0.2, 0.25) is 0 Å². The normalized spacial score (nSPS) is 23.8. The Labute approximate surface area is 90.6 Å². The highest BCUT2D eigenvalue weighted by Gasteiger charge is 2.42. The van der Waals surface area contributed by atoms with Crippen molar-refractivity contribution >= 4 is 11.9 Å². The molecule has 0 N–H and O–H groups in total. The van der Waals surface area contributed by atoms with E-state index in [1.165, 1.54) is 7.11 Å². The second-order valence-electron chi connectivity index (χ2n) is 4.46. The first-order valence-electron chi connectivity index (χ1n) is 5.34. The summed E-state index contributed by atoms with van der Waals surface area (Å²) in [6, 6.07) is 0.0457. The number of rotatable bonds is 4. The quantitative estimate of drug-likeness (QED) is 0.656. The van der Waals surface area contributed by atoms with Crippen LogP contribution in [0.3, 0.4) is 0 Å². The summed E-state index contributed by atoms with van der Waals surface area (Å²) in [5, 5.41) is 0. The van der Waals surface area contributed by atoms with Gasteiger partial charge in [-0.3, -0.25) is 9.59 Å². The van der Waals surface area contributed by atoms with Crippen LogP contribution >= 0.6 is 0 Å². The van der Waals surface area contributed by atoms with Crippen LogP contribution in [0.1, 0.15) is 27.2 Å². The highest BCUT2D eigenvalue weighted by molar-refractivity contribution is 5.85. The lowest BCUT2D eigenvalue weighted by molar-refractivity contribution is -0.148. The topological polar surface area (TPSA) is 46.6 Å². The number of carbonyl (C=O) groups is 2. The Morgan fingerprint density at radius 3 is 2.33 bits per heavy atom. The first kappa shape index (κ1) is 12.0. The smallest absolute Gasteiger partial charge is 0.325 e. The van der Waals surface area contributed by atoms with Crippen molar-refractivity contribution in [3.63, 3.8) is 0 Å². The molecule has 4 nitrogen and oxygen atoms in total. The summed E-state index contributed by atoms with van der Waals surface area (Å²) in [7, 11) is 1.34. The zero-order valence-corrected chi connectivity index (χ0v) is 9.82. The Bertz CT molecular complexity index is 263. The standard InChI is InChI=1S/C11H19NO3/c1-7(2)12(6-10(13)15-4)11(14)9-5-8(9)3/h7-9H,5-6H2,1-4H3/t8-,9-/m1/s1. The fraction of sp³-hybridized carbons (Fsp3) is 0.818. The van der Waals surface area contributed by atoms with E-state index in [1.54, 1.807) is 4.90 Å². The molecular weight excluding hydrogens is 194 g/mol. The van der Waals surface area contributed by atoms with Crippen molar-refractivity contribution in [2.45, 2.75) is 33.2 Å². The van der Waals surface area contributed by atoms with Crippen molar-refractivity contribution in [2.75, 3.05) is 13.7 Å². The van der Waals surface area contributed by atoms with Gasteiger partial charge >= 0.3 is 5.97 Å². The third-order valence-electron chi connectivity index (χ3n) is 2.86. The summed E-state index contributed by atoms with van der Waals surface area (Å²) in [6.07, 6.45) is 0.948. The fourth-order valence-electron chi connectivity index (χ4n) is 1.60. The Balaban J connectivity index is 2.57. The SMILES string of the molecule is COC(=O)CN(C(=O)[C@@H]1C[C@H]1C)C(C)C. The van der Waals surface area contributed by atoms with E-state index < -0.39 is 0 Å². The molecule has 0 radical (unpaired) electrons. The number of carbonyl (C=O) groups excluding carboxylic acids is 2. The van der Waals surface area contributed by atoms with E-state index in [-0.39, 0.29) is 30.4 Å². The average Bonchev–Trinajstić information content (AvgIpc) is 2.90. The van der Waals surface area contributed by atoms with Gasteiger partial charge in [-0.15, -0.1) is 0 Å². The predicted octanol–water partition coefficient (Wildman–Crippen LogP) is 1.05. The number of amides is 1. The van der Waals surface area contributed by atoms with Gasteiger partial charge in [0.05, 0.1) is 7.11 Å². The Hall–Kier alpha value is -1.06. The fourth-order valence-corrected chi connectivity index (χ4v) is 1.60. The van der Waals surface area contributed by atoms with Crippen LogP contribution in [-0.4, -0.2) is 36.5 Å². The molecule has 1 aliphatic rings. The summed E-state index contributed by atoms with van der Waals surface area (Å²) >= 11 is 0. The number of hydrogen-bond acceptors (Lipinski definition) is 3. The predicted molar refractivity (Wildman–Crippen MR) is 56.1 cm³/mol. The summed E-state index contributed by atoms with van der Waals surface area (Å²) in [5.74, 6) is 0.321. The maximum absolute atomic E-state index is 11.9. The van der Waals surface area contributed by atoms with Gasteiger partial charge in [-0.2, -0.15) is 0 Å². The molecule has 0 spiro atoms. The largest absolute Gasteiger partial charge is 0.468 e. The van der Waals surface area contributed by atoms with Gasteiger partial charge in [0.15, 0.2) is 0 Å². The summed E-state index contributed by atoms with van der Waals surface area (Å²) < 4.78 is 4.58. The molecule has 1 amide bonds. The van der Waals surface area contributed by atoms with Crippen LogP contribution < -0.4 is 0 Å². The molecule has 0 aliphatic heterocycles. The van der Waals surface area contributed by atoms with Gasteiger partial charge in [-0.1, -0.05) is 6.92 Å². The summed E-state index contributed by atoms with van der Waals surface area (Å²) in [4.78, 5) is 24.7.